The number of anilines is 3. The number of carbonyl (C=O) groups is 9. The van der Waals surface area contributed by atoms with E-state index in [4.69, 9.17) is 24.6 Å². The SMILES string of the molecule is C=CS(=O)(=O)N1CCC2(CC1)N=C(c1cccc(OC(F)(F)F)c1)NC2=O.CC(=O)N(CCO)c1cc(C)c(/C=C/S(=O)(=O)N2CCC3(CC2)N=C(c2cccc(OC(F)(F)F)c2)NC3=O)cc1F.CC(=O)OCCN(C(C)=O)c1cc(C)c(/C=C/S(=O)(=O)N2CCC3(CC2)N=C(c2cccc(OC(F)(F)F)c2)NC3=O)cc1F.CC(=O)OCCN(C(C)=O)c1cc(C)c(I)cc1F.CO.O=CO[O-].[H-].[K+].[K+]. The average molecular weight is 2220 g/mol. The molecule has 54 heteroatoms. The molecule has 0 atom stereocenters. The fourth-order valence-corrected chi connectivity index (χ4v) is 18.1. The molecule has 6 heterocycles. The number of aliphatic hydroxyl groups excluding tert-OH is 2. The van der Waals surface area contributed by atoms with Gasteiger partial charge in [-0.2, -0.15) is 12.9 Å². The number of halogens is 13. The molecule has 758 valence electrons. The molecule has 6 aliphatic rings. The Morgan fingerprint density at radius 2 is 0.766 bits per heavy atom. The number of aliphatic imine (C=N–C) groups is 3. The summed E-state index contributed by atoms with van der Waals surface area (Å²) in [6, 6.07) is 23.1. The van der Waals surface area contributed by atoms with Crippen LogP contribution in [-0.2, 0) is 87.6 Å². The Balaban J connectivity index is 0.000000400. The van der Waals surface area contributed by atoms with Gasteiger partial charge in [0.2, 0.25) is 47.8 Å². The third kappa shape index (κ3) is 34.9. The van der Waals surface area contributed by atoms with E-state index in [-0.39, 0.29) is 296 Å². The average Bonchev–Trinajstić information content (AvgIpc) is 1.62. The van der Waals surface area contributed by atoms with Gasteiger partial charge >= 0.3 is 134 Å². The zero-order valence-corrected chi connectivity index (χ0v) is 88.2. The number of amidine groups is 3. The summed E-state index contributed by atoms with van der Waals surface area (Å²) in [5, 5.41) is 35.0. The Morgan fingerprint density at radius 1 is 0.489 bits per heavy atom. The molecular formula is C87H95F12IK2N12O24S3. The first-order valence-electron chi connectivity index (χ1n) is 41.2. The number of rotatable bonds is 26. The molecule has 0 unspecified atom stereocenters. The van der Waals surface area contributed by atoms with Crippen molar-refractivity contribution in [3.05, 3.63) is 198 Å². The molecule has 3 fully saturated rings. The van der Waals surface area contributed by atoms with E-state index in [1.165, 1.54) is 111 Å². The van der Waals surface area contributed by atoms with Gasteiger partial charge in [-0.3, -0.25) is 58.1 Å². The molecule has 6 aromatic rings. The summed E-state index contributed by atoms with van der Waals surface area (Å²) in [5.74, 6) is -6.76. The number of esters is 2. The van der Waals surface area contributed by atoms with E-state index in [1.54, 1.807) is 19.9 Å². The molecule has 0 aromatic heterocycles. The molecule has 5 N–H and O–H groups in total. The molecule has 0 radical (unpaired) electrons. The van der Waals surface area contributed by atoms with Crippen molar-refractivity contribution in [2.45, 2.75) is 130 Å². The zero-order valence-electron chi connectivity index (χ0n) is 78.3. The van der Waals surface area contributed by atoms with Crippen LogP contribution in [0.25, 0.3) is 12.2 Å². The van der Waals surface area contributed by atoms with Crippen LogP contribution in [0.3, 0.4) is 0 Å². The van der Waals surface area contributed by atoms with Gasteiger partial charge < -0.3 is 76.1 Å². The summed E-state index contributed by atoms with van der Waals surface area (Å²) >= 11 is 2.03. The standard InChI is InChI=1S/C29H30F4N4O7S.C27H28F4N4O6S.C16H16F3N3O4S.C13H15FINO3.CH2O3.CH4O.2K.H/c1-18-15-25(37(19(2)38)12-13-43-20(3)39)24(30)17-21(18)7-14-45(41,42)36-10-8-28(9-11-36)27(40)34-26(35-28)22-5-4-6-23(16-22)44-29(31,32)33;1-17-14-23(35(11-12-36)18(2)37)22(28)16-19(17)6-13-42(39,40)34-9-7-26(8-10-34)25(38)32-24(33-26)20-4-3-5-21(15-20)41-27(29,30)31;1-2-27(24,25)22-8-6-15(7-9-22)14(23)20-13(21-15)11-4-3-5-12(10-11)26-16(17,18)19;1-8-6-13(11(14)7-12(8)15)16(9(2)17)4-5-19-10(3)18;2-1-4-3;1-2;;;/h4-7,14-17H,8-13H2,1-3H3,(H,34,35,40);3-6,13-16,36H,7-12H2,1-2H3,(H,32,33,38);2-5,10H,1,6-9H2,(H,20,21,23);6-7H,4-5H2,1-3H3;1,3H;2H,1H3;;;/q;;;;;;2*+1;-1/p-1/b14-7+;13-6+;;;;;;;. The van der Waals surface area contributed by atoms with Crippen LogP contribution in [-0.4, -0.2) is 241 Å². The van der Waals surface area contributed by atoms with Crippen molar-refractivity contribution in [2.24, 2.45) is 15.0 Å². The molecule has 6 aliphatic heterocycles. The molecule has 6 aromatic carbocycles. The second kappa shape index (κ2) is 53.2. The summed E-state index contributed by atoms with van der Waals surface area (Å²) < 4.78 is 258. The third-order valence-electron chi connectivity index (χ3n) is 21.3. The van der Waals surface area contributed by atoms with E-state index in [9.17, 15) is 117 Å². The van der Waals surface area contributed by atoms with Crippen LogP contribution in [0.4, 0.5) is 69.7 Å². The van der Waals surface area contributed by atoms with E-state index in [0.29, 0.717) is 11.1 Å². The molecule has 6 amide bonds. The molecule has 0 saturated carbocycles. The predicted octanol–water partition coefficient (Wildman–Crippen LogP) is 3.34. The molecule has 3 spiro atoms. The second-order valence-electron chi connectivity index (χ2n) is 30.7. The number of ether oxygens (including phenoxy) is 5. The number of sulfonamides is 3. The van der Waals surface area contributed by atoms with E-state index in [2.05, 4.69) is 56.6 Å². The third-order valence-corrected chi connectivity index (χ3v) is 27.1. The quantitative estimate of drug-likeness (QED) is 0.00988. The smallest absolute Gasteiger partial charge is 1.00 e. The minimum absolute atomic E-state index is 0. The van der Waals surface area contributed by atoms with E-state index in [0.717, 1.165) is 99.4 Å². The first-order valence-corrected chi connectivity index (χ1v) is 46.8. The number of aryl methyl sites for hydroxylation is 3. The van der Waals surface area contributed by atoms with Gasteiger partial charge in [-0.05, 0) is 195 Å². The maximum atomic E-state index is 15.1. The van der Waals surface area contributed by atoms with Crippen LogP contribution in [0.1, 0.15) is 119 Å². The molecule has 3 saturated heterocycles. The normalized spacial score (nSPS) is 16.0. The molecule has 141 heavy (non-hydrogen) atoms. The maximum Gasteiger partial charge on any atom is 1.00 e. The first-order chi connectivity index (χ1) is 64.9. The molecule has 12 rings (SSSR count). The first kappa shape index (κ1) is 122. The van der Waals surface area contributed by atoms with Gasteiger partial charge in [0.1, 0.15) is 82.0 Å². The fraction of sp³-hybridized carbons (Fsp3) is 0.379. The number of hydrogen-bond donors (Lipinski definition) is 5. The van der Waals surface area contributed by atoms with Crippen LogP contribution in [0.2, 0.25) is 0 Å². The summed E-state index contributed by atoms with van der Waals surface area (Å²) in [7, 11) is -10.6. The van der Waals surface area contributed by atoms with Crippen molar-refractivity contribution in [1.82, 2.24) is 28.9 Å². The van der Waals surface area contributed by atoms with Gasteiger partial charge in [0.05, 0.1) is 36.8 Å². The number of benzene rings is 6. The fourth-order valence-electron chi connectivity index (χ4n) is 14.4. The monoisotopic (exact) mass is 2220 g/mol. The Morgan fingerprint density at radius 3 is 1.03 bits per heavy atom. The van der Waals surface area contributed by atoms with Gasteiger partial charge in [0.25, 0.3) is 24.2 Å². The minimum Gasteiger partial charge on any atom is -1.00 e. The Labute approximate surface area is 901 Å². The van der Waals surface area contributed by atoms with Crippen LogP contribution in [0, 0.1) is 41.8 Å². The Kier molecular flexibility index (Phi) is 46.2. The van der Waals surface area contributed by atoms with Crippen molar-refractivity contribution >= 4 is 153 Å². The van der Waals surface area contributed by atoms with E-state index in [1.807, 2.05) is 29.5 Å². The number of piperidine rings is 3. The van der Waals surface area contributed by atoms with Crippen LogP contribution < -0.4 is 153 Å². The summed E-state index contributed by atoms with van der Waals surface area (Å²) in [4.78, 5) is 123. The number of nitrogens with zero attached hydrogens (tertiary/aromatic N) is 9. The molecule has 0 bridgehead atoms. The molecule has 36 nitrogen and oxygen atoms in total. The summed E-state index contributed by atoms with van der Waals surface area (Å²) in [6.45, 7) is 13.9. The molecule has 0 aliphatic carbocycles. The largest absolute Gasteiger partial charge is 1.00 e. The van der Waals surface area contributed by atoms with Crippen molar-refractivity contribution in [1.29, 1.82) is 0 Å². The minimum atomic E-state index is -4.90. The number of hydrogen-bond acceptors (Lipinski definition) is 27. The van der Waals surface area contributed by atoms with Gasteiger partial charge in [-0.25, -0.2) is 38.4 Å². The number of alkyl halides is 9. The van der Waals surface area contributed by atoms with Gasteiger partial charge in [0.15, 0.2) is 0 Å². The van der Waals surface area contributed by atoms with Crippen LogP contribution in [0.5, 0.6) is 17.2 Å². The number of amides is 6. The van der Waals surface area contributed by atoms with E-state index < -0.39 is 142 Å². The van der Waals surface area contributed by atoms with Gasteiger partial charge in [-0.1, -0.05) is 43.0 Å². The number of nitrogens with one attached hydrogen (secondary N) is 3. The van der Waals surface area contributed by atoms with Crippen molar-refractivity contribution in [3.8, 4) is 17.2 Å². The number of aliphatic hydroxyl groups is 2. The van der Waals surface area contributed by atoms with Crippen molar-refractivity contribution in [2.75, 3.05) is 101 Å². The van der Waals surface area contributed by atoms with Crippen molar-refractivity contribution in [3.63, 3.8) is 0 Å². The van der Waals surface area contributed by atoms with Gasteiger partial charge in [0, 0.05) is 124 Å². The number of carbonyl (C=O) groups excluding carboxylic acids is 9. The van der Waals surface area contributed by atoms with Crippen LogP contribution in [0.15, 0.2) is 147 Å². The topological polar surface area (TPSA) is 468 Å². The van der Waals surface area contributed by atoms with E-state index >= 15 is 4.39 Å². The second-order valence-corrected chi connectivity index (χ2v) is 37.3. The molecular weight excluding hydrogens is 2130 g/mol. The Hall–Kier alpha value is -9.05. The van der Waals surface area contributed by atoms with Gasteiger partial charge in [-0.15, -0.1) is 39.5 Å². The predicted molar refractivity (Wildman–Crippen MR) is 486 cm³/mol. The van der Waals surface area contributed by atoms with Crippen LogP contribution >= 0.6 is 22.6 Å². The zero-order chi connectivity index (χ0) is 104. The Bertz CT molecular complexity index is 6110. The summed E-state index contributed by atoms with van der Waals surface area (Å²) in [6.07, 6.45) is -11.7. The summed E-state index contributed by atoms with van der Waals surface area (Å²) in [5.41, 5.74) is -0.552. The van der Waals surface area contributed by atoms with Crippen molar-refractivity contribution < 1.29 is 269 Å². The maximum absolute atomic E-state index is 15.1.